The molecular weight excluding hydrogens is 123 g/mol. The first-order valence-electron chi connectivity index (χ1n) is 2.55. The Kier molecular flexibility index (Phi) is 4.51. The standard InChI is InChI=1S/C6H7FO2/c7-5-3-1-2-4-6(8)9/h1,3,5H2,(H,8,9). The molecule has 0 atom stereocenters. The summed E-state index contributed by atoms with van der Waals surface area (Å²) >= 11 is 0. The van der Waals surface area contributed by atoms with Crippen LogP contribution >= 0.6 is 0 Å². The van der Waals surface area contributed by atoms with Crippen LogP contribution in [0.15, 0.2) is 0 Å². The van der Waals surface area contributed by atoms with Crippen LogP contribution in [0.1, 0.15) is 12.8 Å². The van der Waals surface area contributed by atoms with Crippen molar-refractivity contribution >= 4 is 5.97 Å². The Hall–Kier alpha value is -1.04. The van der Waals surface area contributed by atoms with Gasteiger partial charge in [0.1, 0.15) is 0 Å². The van der Waals surface area contributed by atoms with E-state index in [2.05, 4.69) is 5.92 Å². The highest BCUT2D eigenvalue weighted by atomic mass is 19.1. The molecule has 0 unspecified atom stereocenters. The normalized spacial score (nSPS) is 7.67. The van der Waals surface area contributed by atoms with Crippen molar-refractivity contribution in [3.05, 3.63) is 0 Å². The molecule has 9 heavy (non-hydrogen) atoms. The van der Waals surface area contributed by atoms with E-state index in [4.69, 9.17) is 5.11 Å². The number of carboxylic acids is 1. The number of hydrogen-bond donors (Lipinski definition) is 1. The molecule has 0 aromatic rings. The fourth-order valence-electron chi connectivity index (χ4n) is 0.293. The quantitative estimate of drug-likeness (QED) is 0.444. The minimum absolute atomic E-state index is 0.320. The Labute approximate surface area is 52.7 Å². The summed E-state index contributed by atoms with van der Waals surface area (Å²) in [5.41, 5.74) is 0. The van der Waals surface area contributed by atoms with Gasteiger partial charge in [0.05, 0.1) is 6.67 Å². The Morgan fingerprint density at radius 3 is 2.78 bits per heavy atom. The monoisotopic (exact) mass is 130 g/mol. The third-order valence-corrected chi connectivity index (χ3v) is 0.631. The fraction of sp³-hybridized carbons (Fsp3) is 0.500. The lowest BCUT2D eigenvalue weighted by Gasteiger charge is -1.79. The van der Waals surface area contributed by atoms with Gasteiger partial charge in [0.2, 0.25) is 0 Å². The highest BCUT2D eigenvalue weighted by Crippen LogP contribution is 1.85. The summed E-state index contributed by atoms with van der Waals surface area (Å²) in [6.07, 6.45) is 0.642. The SMILES string of the molecule is O=C(O)C#CCCCF. The average Bonchev–Trinajstić information content (AvgIpc) is 1.80. The molecule has 0 fully saturated rings. The van der Waals surface area contributed by atoms with Gasteiger partial charge in [-0.3, -0.25) is 4.39 Å². The number of halogens is 1. The zero-order valence-corrected chi connectivity index (χ0v) is 4.85. The molecule has 0 rings (SSSR count). The van der Waals surface area contributed by atoms with Crippen molar-refractivity contribution in [3.63, 3.8) is 0 Å². The lowest BCUT2D eigenvalue weighted by Crippen LogP contribution is -1.86. The van der Waals surface area contributed by atoms with Crippen molar-refractivity contribution in [2.75, 3.05) is 6.67 Å². The summed E-state index contributed by atoms with van der Waals surface area (Å²) in [7, 11) is 0. The Balaban J connectivity index is 3.27. The van der Waals surface area contributed by atoms with Gasteiger partial charge >= 0.3 is 5.97 Å². The predicted octanol–water partition coefficient (Wildman–Crippen LogP) is 0.824. The maximum atomic E-state index is 11.3. The molecule has 0 amide bonds. The zero-order chi connectivity index (χ0) is 7.11. The van der Waals surface area contributed by atoms with Gasteiger partial charge in [-0.15, -0.1) is 0 Å². The van der Waals surface area contributed by atoms with Crippen LogP contribution in [0.25, 0.3) is 0 Å². The molecular formula is C6H7FO2. The molecule has 0 spiro atoms. The molecule has 0 radical (unpaired) electrons. The van der Waals surface area contributed by atoms with Crippen LogP contribution in [0.3, 0.4) is 0 Å². The van der Waals surface area contributed by atoms with Gasteiger partial charge in [0, 0.05) is 12.3 Å². The second kappa shape index (κ2) is 5.10. The van der Waals surface area contributed by atoms with Crippen molar-refractivity contribution in [2.45, 2.75) is 12.8 Å². The highest BCUT2D eigenvalue weighted by Gasteiger charge is 1.82. The summed E-state index contributed by atoms with van der Waals surface area (Å²) < 4.78 is 11.3. The highest BCUT2D eigenvalue weighted by molar-refractivity contribution is 5.86. The lowest BCUT2D eigenvalue weighted by molar-refractivity contribution is -0.130. The lowest BCUT2D eigenvalue weighted by atomic mass is 10.3. The van der Waals surface area contributed by atoms with E-state index >= 15 is 0 Å². The van der Waals surface area contributed by atoms with E-state index in [1.165, 1.54) is 0 Å². The maximum Gasteiger partial charge on any atom is 0.381 e. The molecule has 0 aliphatic rings. The molecule has 0 saturated carbocycles. The minimum Gasteiger partial charge on any atom is -0.472 e. The summed E-state index contributed by atoms with van der Waals surface area (Å²) in [6, 6.07) is 0. The third kappa shape index (κ3) is 6.96. The Bertz CT molecular complexity index is 143. The van der Waals surface area contributed by atoms with Gasteiger partial charge in [-0.2, -0.15) is 0 Å². The Morgan fingerprint density at radius 1 is 1.67 bits per heavy atom. The molecule has 50 valence electrons. The number of aliphatic carboxylic acids is 1. The summed E-state index contributed by atoms with van der Waals surface area (Å²) in [5, 5.41) is 7.95. The van der Waals surface area contributed by atoms with Gasteiger partial charge in [0.15, 0.2) is 0 Å². The van der Waals surface area contributed by atoms with E-state index in [0.717, 1.165) is 0 Å². The summed E-state index contributed by atoms with van der Waals surface area (Å²) in [4.78, 5) is 9.70. The van der Waals surface area contributed by atoms with E-state index in [0.29, 0.717) is 12.8 Å². The predicted molar refractivity (Wildman–Crippen MR) is 30.6 cm³/mol. The number of carboxylic acid groups (broad SMARTS) is 1. The minimum atomic E-state index is -1.16. The molecule has 2 nitrogen and oxygen atoms in total. The van der Waals surface area contributed by atoms with Crippen LogP contribution < -0.4 is 0 Å². The van der Waals surface area contributed by atoms with Crippen LogP contribution in [0.2, 0.25) is 0 Å². The van der Waals surface area contributed by atoms with Crippen molar-refractivity contribution < 1.29 is 14.3 Å². The second-order valence-electron chi connectivity index (χ2n) is 1.40. The van der Waals surface area contributed by atoms with Gasteiger partial charge in [0.25, 0.3) is 0 Å². The van der Waals surface area contributed by atoms with Gasteiger partial charge in [-0.25, -0.2) is 4.79 Å². The zero-order valence-electron chi connectivity index (χ0n) is 4.85. The van der Waals surface area contributed by atoms with E-state index in [1.807, 2.05) is 5.92 Å². The number of unbranched alkanes of at least 4 members (excludes halogenated alkanes) is 1. The van der Waals surface area contributed by atoms with Gasteiger partial charge in [-0.1, -0.05) is 5.92 Å². The molecule has 0 aromatic heterocycles. The van der Waals surface area contributed by atoms with Gasteiger partial charge in [-0.05, 0) is 6.42 Å². The van der Waals surface area contributed by atoms with E-state index in [-0.39, 0.29) is 0 Å². The van der Waals surface area contributed by atoms with Crippen LogP contribution in [-0.4, -0.2) is 17.8 Å². The van der Waals surface area contributed by atoms with Crippen LogP contribution in [0.4, 0.5) is 4.39 Å². The molecule has 0 bridgehead atoms. The largest absolute Gasteiger partial charge is 0.472 e. The molecule has 0 heterocycles. The molecule has 0 aliphatic carbocycles. The number of alkyl halides is 1. The topological polar surface area (TPSA) is 37.3 Å². The number of rotatable bonds is 2. The number of carbonyl (C=O) groups is 1. The third-order valence-electron chi connectivity index (χ3n) is 0.631. The van der Waals surface area contributed by atoms with Crippen LogP contribution in [-0.2, 0) is 4.79 Å². The van der Waals surface area contributed by atoms with Crippen LogP contribution in [0.5, 0.6) is 0 Å². The van der Waals surface area contributed by atoms with Crippen molar-refractivity contribution in [2.24, 2.45) is 0 Å². The van der Waals surface area contributed by atoms with Crippen molar-refractivity contribution in [1.82, 2.24) is 0 Å². The fourth-order valence-corrected chi connectivity index (χ4v) is 0.293. The average molecular weight is 130 g/mol. The first-order chi connectivity index (χ1) is 4.27. The van der Waals surface area contributed by atoms with E-state index < -0.39 is 12.6 Å². The Morgan fingerprint density at radius 2 is 2.33 bits per heavy atom. The summed E-state index contributed by atoms with van der Waals surface area (Å²) in [5.74, 6) is 3.02. The smallest absolute Gasteiger partial charge is 0.381 e. The van der Waals surface area contributed by atoms with E-state index in [1.54, 1.807) is 0 Å². The van der Waals surface area contributed by atoms with Crippen molar-refractivity contribution in [1.29, 1.82) is 0 Å². The first-order valence-corrected chi connectivity index (χ1v) is 2.55. The number of hydrogen-bond acceptors (Lipinski definition) is 1. The molecule has 0 aromatic carbocycles. The molecule has 0 aliphatic heterocycles. The maximum absolute atomic E-state index is 11.3. The first kappa shape index (κ1) is 7.96. The van der Waals surface area contributed by atoms with Crippen molar-refractivity contribution in [3.8, 4) is 11.8 Å². The van der Waals surface area contributed by atoms with Gasteiger partial charge < -0.3 is 5.11 Å². The molecule has 1 N–H and O–H groups in total. The summed E-state index contributed by atoms with van der Waals surface area (Å²) in [6.45, 7) is -0.436. The van der Waals surface area contributed by atoms with Crippen LogP contribution in [0, 0.1) is 11.8 Å². The van der Waals surface area contributed by atoms with E-state index in [9.17, 15) is 9.18 Å². The molecule has 0 saturated heterocycles. The molecule has 3 heteroatoms. The second-order valence-corrected chi connectivity index (χ2v) is 1.40.